The first-order chi connectivity index (χ1) is 9.38. The fourth-order valence-corrected chi connectivity index (χ4v) is 2.50. The minimum Gasteiger partial charge on any atom is -0.389 e. The standard InChI is InChI=1S/C13H13F2N3OS/c1-6(2)10-11(16)20-13(17-10)18-12(19)7-3-4-8(14)9(15)5-7/h3-6H,16H2,1-2H3,(H,17,18,19). The van der Waals surface area contributed by atoms with Crippen molar-refractivity contribution in [2.75, 3.05) is 11.1 Å². The van der Waals surface area contributed by atoms with Crippen LogP contribution in [0.2, 0.25) is 0 Å². The third-order valence-corrected chi connectivity index (χ3v) is 3.45. The van der Waals surface area contributed by atoms with Crippen molar-refractivity contribution in [3.8, 4) is 0 Å². The van der Waals surface area contributed by atoms with Crippen LogP contribution in [0.4, 0.5) is 18.9 Å². The highest BCUT2D eigenvalue weighted by Crippen LogP contribution is 2.30. The van der Waals surface area contributed by atoms with Crippen LogP contribution >= 0.6 is 11.3 Å². The lowest BCUT2D eigenvalue weighted by molar-refractivity contribution is 0.102. The zero-order valence-electron chi connectivity index (χ0n) is 10.9. The Morgan fingerprint density at radius 2 is 2.05 bits per heavy atom. The molecule has 0 radical (unpaired) electrons. The van der Waals surface area contributed by atoms with Gasteiger partial charge in [0, 0.05) is 5.56 Å². The van der Waals surface area contributed by atoms with Gasteiger partial charge in [-0.25, -0.2) is 13.8 Å². The number of thiazole rings is 1. The third-order valence-electron chi connectivity index (χ3n) is 2.63. The summed E-state index contributed by atoms with van der Waals surface area (Å²) in [6, 6.07) is 2.94. The van der Waals surface area contributed by atoms with E-state index in [2.05, 4.69) is 10.3 Å². The number of hydrogen-bond donors (Lipinski definition) is 2. The first-order valence-corrected chi connectivity index (χ1v) is 6.72. The zero-order valence-corrected chi connectivity index (χ0v) is 11.7. The summed E-state index contributed by atoms with van der Waals surface area (Å²) in [7, 11) is 0. The molecule has 2 aromatic rings. The summed E-state index contributed by atoms with van der Waals surface area (Å²) in [5, 5.41) is 3.38. The summed E-state index contributed by atoms with van der Waals surface area (Å²) >= 11 is 1.14. The lowest BCUT2D eigenvalue weighted by Gasteiger charge is -2.02. The van der Waals surface area contributed by atoms with Crippen molar-refractivity contribution in [2.45, 2.75) is 19.8 Å². The Morgan fingerprint density at radius 1 is 1.35 bits per heavy atom. The fourth-order valence-electron chi connectivity index (χ4n) is 1.62. The van der Waals surface area contributed by atoms with Gasteiger partial charge in [0.2, 0.25) is 0 Å². The maximum atomic E-state index is 13.1. The second kappa shape index (κ2) is 5.54. The Balaban J connectivity index is 2.19. The Labute approximate surface area is 118 Å². The van der Waals surface area contributed by atoms with E-state index in [1.165, 1.54) is 6.07 Å². The van der Waals surface area contributed by atoms with Crippen LogP contribution in [0, 0.1) is 11.6 Å². The Hall–Kier alpha value is -2.02. The van der Waals surface area contributed by atoms with Crippen LogP contribution in [-0.4, -0.2) is 10.9 Å². The van der Waals surface area contributed by atoms with Gasteiger partial charge >= 0.3 is 0 Å². The Bertz CT molecular complexity index is 655. The quantitative estimate of drug-likeness (QED) is 0.912. The average molecular weight is 297 g/mol. The molecule has 0 spiro atoms. The molecule has 0 saturated carbocycles. The zero-order chi connectivity index (χ0) is 14.9. The van der Waals surface area contributed by atoms with Gasteiger partial charge in [-0.1, -0.05) is 25.2 Å². The maximum Gasteiger partial charge on any atom is 0.257 e. The van der Waals surface area contributed by atoms with Crippen molar-refractivity contribution < 1.29 is 13.6 Å². The topological polar surface area (TPSA) is 68.0 Å². The van der Waals surface area contributed by atoms with Crippen LogP contribution in [0.25, 0.3) is 0 Å². The monoisotopic (exact) mass is 297 g/mol. The van der Waals surface area contributed by atoms with Crippen molar-refractivity contribution in [1.82, 2.24) is 4.98 Å². The van der Waals surface area contributed by atoms with E-state index in [1.54, 1.807) is 0 Å². The molecule has 0 fully saturated rings. The highest BCUT2D eigenvalue weighted by molar-refractivity contribution is 7.19. The number of nitrogens with one attached hydrogen (secondary N) is 1. The molecule has 1 aromatic heterocycles. The number of anilines is 2. The van der Waals surface area contributed by atoms with Gasteiger partial charge in [0.1, 0.15) is 5.00 Å². The molecule has 106 valence electrons. The predicted octanol–water partition coefficient (Wildman–Crippen LogP) is 3.38. The predicted molar refractivity (Wildman–Crippen MR) is 74.9 cm³/mol. The van der Waals surface area contributed by atoms with Crippen molar-refractivity contribution in [3.05, 3.63) is 41.1 Å². The first-order valence-electron chi connectivity index (χ1n) is 5.91. The van der Waals surface area contributed by atoms with Gasteiger partial charge in [0.25, 0.3) is 5.91 Å². The molecular weight excluding hydrogens is 284 g/mol. The van der Waals surface area contributed by atoms with Gasteiger partial charge in [-0.3, -0.25) is 10.1 Å². The van der Waals surface area contributed by atoms with Gasteiger partial charge in [0.15, 0.2) is 16.8 Å². The largest absolute Gasteiger partial charge is 0.389 e. The number of nitrogens with two attached hydrogens (primary N) is 1. The van der Waals surface area contributed by atoms with Crippen LogP contribution in [0.1, 0.15) is 35.8 Å². The highest BCUT2D eigenvalue weighted by Gasteiger charge is 2.15. The SMILES string of the molecule is CC(C)c1nc(NC(=O)c2ccc(F)c(F)c2)sc1N. The number of halogens is 2. The van der Waals surface area contributed by atoms with Crippen LogP contribution < -0.4 is 11.1 Å². The van der Waals surface area contributed by atoms with Gasteiger partial charge in [-0.05, 0) is 24.1 Å². The molecule has 0 bridgehead atoms. The molecule has 1 heterocycles. The number of carbonyl (C=O) groups is 1. The fraction of sp³-hybridized carbons (Fsp3) is 0.231. The van der Waals surface area contributed by atoms with Gasteiger partial charge < -0.3 is 5.73 Å². The molecule has 0 saturated heterocycles. The Kier molecular flexibility index (Phi) is 3.99. The first kappa shape index (κ1) is 14.4. The number of nitrogens with zero attached hydrogens (tertiary/aromatic N) is 1. The van der Waals surface area contributed by atoms with Crippen molar-refractivity contribution in [1.29, 1.82) is 0 Å². The van der Waals surface area contributed by atoms with Gasteiger partial charge in [-0.15, -0.1) is 0 Å². The second-order valence-corrected chi connectivity index (χ2v) is 5.54. The van der Waals surface area contributed by atoms with Crippen molar-refractivity contribution in [2.24, 2.45) is 0 Å². The van der Waals surface area contributed by atoms with Gasteiger partial charge in [0.05, 0.1) is 5.69 Å². The molecule has 2 rings (SSSR count). The third kappa shape index (κ3) is 2.93. The summed E-state index contributed by atoms with van der Waals surface area (Å²) in [4.78, 5) is 16.1. The van der Waals surface area contributed by atoms with Crippen LogP contribution in [0.15, 0.2) is 18.2 Å². The number of benzene rings is 1. The van der Waals surface area contributed by atoms with Crippen LogP contribution in [0.5, 0.6) is 0 Å². The smallest absolute Gasteiger partial charge is 0.257 e. The number of hydrogen-bond acceptors (Lipinski definition) is 4. The van der Waals surface area contributed by atoms with Crippen molar-refractivity contribution >= 4 is 27.4 Å². The van der Waals surface area contributed by atoms with Crippen molar-refractivity contribution in [3.63, 3.8) is 0 Å². The lowest BCUT2D eigenvalue weighted by Crippen LogP contribution is -2.12. The number of aromatic nitrogens is 1. The molecule has 0 unspecified atom stereocenters. The summed E-state index contributed by atoms with van der Waals surface area (Å²) in [5.74, 6) is -2.49. The van der Waals surface area contributed by atoms with Gasteiger partial charge in [-0.2, -0.15) is 0 Å². The maximum absolute atomic E-state index is 13.1. The Morgan fingerprint density at radius 3 is 2.60 bits per heavy atom. The molecule has 0 aliphatic carbocycles. The van der Waals surface area contributed by atoms with E-state index in [1.807, 2.05) is 13.8 Å². The van der Waals surface area contributed by atoms with Crippen LogP contribution in [-0.2, 0) is 0 Å². The molecule has 4 nitrogen and oxygen atoms in total. The second-order valence-electron chi connectivity index (χ2n) is 4.51. The van der Waals surface area contributed by atoms with E-state index >= 15 is 0 Å². The van der Waals surface area contributed by atoms with E-state index < -0.39 is 17.5 Å². The van der Waals surface area contributed by atoms with E-state index in [0.29, 0.717) is 15.8 Å². The molecular formula is C13H13F2N3OS. The normalized spacial score (nSPS) is 10.8. The summed E-state index contributed by atoms with van der Waals surface area (Å²) < 4.78 is 25.9. The molecule has 0 atom stereocenters. The molecule has 1 amide bonds. The van der Waals surface area contributed by atoms with E-state index in [-0.39, 0.29) is 11.5 Å². The summed E-state index contributed by atoms with van der Waals surface area (Å²) in [6.45, 7) is 3.87. The number of rotatable bonds is 3. The average Bonchev–Trinajstić information content (AvgIpc) is 2.73. The summed E-state index contributed by atoms with van der Waals surface area (Å²) in [6.07, 6.45) is 0. The molecule has 1 aromatic carbocycles. The molecule has 20 heavy (non-hydrogen) atoms. The number of carbonyl (C=O) groups excluding carboxylic acids is 1. The molecule has 3 N–H and O–H groups in total. The molecule has 7 heteroatoms. The minimum atomic E-state index is -1.07. The van der Waals surface area contributed by atoms with E-state index in [4.69, 9.17) is 5.73 Å². The molecule has 0 aliphatic rings. The summed E-state index contributed by atoms with van der Waals surface area (Å²) in [5.41, 5.74) is 6.52. The number of nitrogen functional groups attached to an aromatic ring is 1. The van der Waals surface area contributed by atoms with E-state index in [0.717, 1.165) is 23.5 Å². The van der Waals surface area contributed by atoms with Crippen LogP contribution in [0.3, 0.4) is 0 Å². The number of amides is 1. The van der Waals surface area contributed by atoms with E-state index in [9.17, 15) is 13.6 Å². The minimum absolute atomic E-state index is 0.0174. The molecule has 0 aliphatic heterocycles. The lowest BCUT2D eigenvalue weighted by atomic mass is 10.1. The highest BCUT2D eigenvalue weighted by atomic mass is 32.1.